The molecule has 0 saturated heterocycles. The minimum Gasteiger partial charge on any atom is -0.558 e. The van der Waals surface area contributed by atoms with Crippen molar-refractivity contribution in [2.24, 2.45) is 0 Å². The summed E-state index contributed by atoms with van der Waals surface area (Å²) >= 11 is 0. The number of benzene rings is 1. The van der Waals surface area contributed by atoms with E-state index in [9.17, 15) is 14.3 Å². The van der Waals surface area contributed by atoms with Gasteiger partial charge in [-0.3, -0.25) is 4.52 Å². The highest BCUT2D eigenvalue weighted by molar-refractivity contribution is 7.31. The van der Waals surface area contributed by atoms with E-state index in [1.165, 1.54) is 12.1 Å². The van der Waals surface area contributed by atoms with Gasteiger partial charge in [-0.1, -0.05) is 18.2 Å². The fourth-order valence-corrected chi connectivity index (χ4v) is 1.27. The number of aliphatic carboxylic acids is 1. The van der Waals surface area contributed by atoms with Crippen LogP contribution in [0, 0.1) is 0 Å². The first-order chi connectivity index (χ1) is 7.09. The Labute approximate surface area is 86.6 Å². The molecule has 78 valence electrons. The average molecular weight is 226 g/mol. The third kappa shape index (κ3) is 3.89. The predicted molar refractivity (Wildman–Crippen MR) is 51.3 cm³/mol. The summed E-state index contributed by atoms with van der Waals surface area (Å²) in [6.07, 6.45) is 2.16. The van der Waals surface area contributed by atoms with Crippen LogP contribution >= 0.6 is 8.25 Å². The molecule has 0 heterocycles. The summed E-state index contributed by atoms with van der Waals surface area (Å²) in [6, 6.07) is 6.22. The highest BCUT2D eigenvalue weighted by Gasteiger charge is 2.08. The molecule has 0 spiro atoms. The summed E-state index contributed by atoms with van der Waals surface area (Å²) in [5.74, 6) is -1.01. The molecule has 1 aromatic rings. The highest BCUT2D eigenvalue weighted by atomic mass is 31.1. The molecule has 0 aromatic heterocycles. The largest absolute Gasteiger partial charge is 0.558 e. The molecule has 1 unspecified atom stereocenters. The Bertz CT molecular complexity index is 413. The number of hydrogen-bond acceptors (Lipinski definition) is 4. The zero-order valence-electron chi connectivity index (χ0n) is 7.49. The number of carbonyl (C=O) groups is 1. The monoisotopic (exact) mass is 226 g/mol. The SMILES string of the molecule is O=C(O)/C=C/c1ccccc1O[P+](=O)[O-]. The quantitative estimate of drug-likeness (QED) is 0.615. The summed E-state index contributed by atoms with van der Waals surface area (Å²) in [7, 11) is -3.00. The van der Waals surface area contributed by atoms with Gasteiger partial charge in [0.2, 0.25) is 0 Å². The standard InChI is InChI=1S/C9H7O5P/c10-9(11)6-5-7-3-1-2-4-8(7)14-15(12)13/h1-6H,(H,10,11)/b6-5+. The minimum absolute atomic E-state index is 0.103. The van der Waals surface area contributed by atoms with Crippen LogP contribution < -0.4 is 9.42 Å². The van der Waals surface area contributed by atoms with Crippen molar-refractivity contribution in [3.05, 3.63) is 35.9 Å². The molecule has 6 heteroatoms. The van der Waals surface area contributed by atoms with Crippen LogP contribution in [0.15, 0.2) is 30.3 Å². The maximum atomic E-state index is 10.3. The summed E-state index contributed by atoms with van der Waals surface area (Å²) in [5.41, 5.74) is 0.388. The lowest BCUT2D eigenvalue weighted by molar-refractivity contribution is -0.178. The maximum absolute atomic E-state index is 10.3. The Morgan fingerprint density at radius 2 is 2.13 bits per heavy atom. The van der Waals surface area contributed by atoms with E-state index < -0.39 is 14.2 Å². The van der Waals surface area contributed by atoms with E-state index in [0.717, 1.165) is 6.08 Å². The van der Waals surface area contributed by atoms with Crippen LogP contribution in [0.1, 0.15) is 5.56 Å². The van der Waals surface area contributed by atoms with Gasteiger partial charge in [0.25, 0.3) is 0 Å². The lowest BCUT2D eigenvalue weighted by atomic mass is 10.2. The third-order valence-corrected chi connectivity index (χ3v) is 1.84. The van der Waals surface area contributed by atoms with Gasteiger partial charge < -0.3 is 10.00 Å². The minimum atomic E-state index is -3.00. The van der Waals surface area contributed by atoms with E-state index in [4.69, 9.17) is 5.11 Å². The van der Waals surface area contributed by atoms with Crippen LogP contribution in [0.2, 0.25) is 0 Å². The smallest absolute Gasteiger partial charge is 0.539 e. The zero-order chi connectivity index (χ0) is 11.3. The van der Waals surface area contributed by atoms with E-state index in [0.29, 0.717) is 5.56 Å². The van der Waals surface area contributed by atoms with Crippen LogP contribution in [-0.2, 0) is 9.36 Å². The summed E-state index contributed by atoms with van der Waals surface area (Å²) in [5, 5.41) is 8.40. The van der Waals surface area contributed by atoms with Gasteiger partial charge in [0.1, 0.15) is 0 Å². The first-order valence-corrected chi connectivity index (χ1v) is 5.01. The Balaban J connectivity index is 2.95. The molecule has 1 rings (SSSR count). The number of carboxylic acid groups (broad SMARTS) is 1. The lowest BCUT2D eigenvalue weighted by Gasteiger charge is -1.98. The molecule has 1 atom stereocenters. The molecule has 0 aliphatic heterocycles. The Morgan fingerprint density at radius 1 is 1.47 bits per heavy atom. The number of para-hydroxylation sites is 1. The van der Waals surface area contributed by atoms with E-state index in [2.05, 4.69) is 4.52 Å². The van der Waals surface area contributed by atoms with Crippen molar-refractivity contribution in [3.63, 3.8) is 0 Å². The molecule has 5 nitrogen and oxygen atoms in total. The van der Waals surface area contributed by atoms with Crippen LogP contribution in [-0.4, -0.2) is 11.1 Å². The molecule has 0 bridgehead atoms. The van der Waals surface area contributed by atoms with Crippen LogP contribution in [0.3, 0.4) is 0 Å². The van der Waals surface area contributed by atoms with E-state index in [1.807, 2.05) is 0 Å². The van der Waals surface area contributed by atoms with Crippen LogP contribution in [0.5, 0.6) is 5.75 Å². The number of hydrogen-bond donors (Lipinski definition) is 1. The lowest BCUT2D eigenvalue weighted by Crippen LogP contribution is -1.94. The second-order valence-electron chi connectivity index (χ2n) is 2.52. The molecule has 0 amide bonds. The van der Waals surface area contributed by atoms with Crippen molar-refractivity contribution >= 4 is 20.3 Å². The molecule has 1 N–H and O–H groups in total. The molecule has 1 aromatic carbocycles. The molecule has 0 radical (unpaired) electrons. The van der Waals surface area contributed by atoms with Crippen molar-refractivity contribution in [2.45, 2.75) is 0 Å². The molecule has 0 aliphatic rings. The summed E-state index contributed by atoms with van der Waals surface area (Å²) < 4.78 is 14.8. The fraction of sp³-hybridized carbons (Fsp3) is 0. The summed E-state index contributed by atoms with van der Waals surface area (Å²) in [6.45, 7) is 0. The first-order valence-electron chi connectivity index (χ1n) is 3.92. The van der Waals surface area contributed by atoms with Gasteiger partial charge in [-0.2, -0.15) is 0 Å². The van der Waals surface area contributed by atoms with Gasteiger partial charge >= 0.3 is 14.2 Å². The van der Waals surface area contributed by atoms with Gasteiger partial charge in [-0.15, -0.1) is 0 Å². The number of carboxylic acids is 1. The van der Waals surface area contributed by atoms with Crippen LogP contribution in [0.4, 0.5) is 0 Å². The first kappa shape index (κ1) is 11.4. The Morgan fingerprint density at radius 3 is 2.73 bits per heavy atom. The molecule has 0 fully saturated rings. The van der Waals surface area contributed by atoms with E-state index in [-0.39, 0.29) is 5.75 Å². The zero-order valence-corrected chi connectivity index (χ0v) is 8.39. The normalized spacial score (nSPS) is 11.4. The van der Waals surface area contributed by atoms with Crippen molar-refractivity contribution in [2.75, 3.05) is 0 Å². The van der Waals surface area contributed by atoms with Crippen LogP contribution in [0.25, 0.3) is 6.08 Å². The van der Waals surface area contributed by atoms with Gasteiger partial charge in [0.15, 0.2) is 5.75 Å². The Kier molecular flexibility index (Phi) is 3.97. The van der Waals surface area contributed by atoms with Gasteiger partial charge in [-0.05, 0) is 16.7 Å². The van der Waals surface area contributed by atoms with Crippen molar-refractivity contribution in [3.8, 4) is 5.75 Å². The van der Waals surface area contributed by atoms with Crippen molar-refractivity contribution in [1.82, 2.24) is 0 Å². The fourth-order valence-electron chi connectivity index (χ4n) is 0.943. The highest BCUT2D eigenvalue weighted by Crippen LogP contribution is 2.25. The molecule has 0 saturated carbocycles. The maximum Gasteiger partial charge on any atom is 0.539 e. The second kappa shape index (κ2) is 5.24. The molecular formula is C9H7O5P. The predicted octanol–water partition coefficient (Wildman–Crippen LogP) is 1.18. The summed E-state index contributed by atoms with van der Waals surface area (Å²) in [4.78, 5) is 20.6. The second-order valence-corrected chi connectivity index (χ2v) is 3.15. The van der Waals surface area contributed by atoms with E-state index >= 15 is 0 Å². The third-order valence-electron chi connectivity index (χ3n) is 1.50. The average Bonchev–Trinajstić information content (AvgIpc) is 2.15. The van der Waals surface area contributed by atoms with Gasteiger partial charge in [0, 0.05) is 11.6 Å². The Hall–Kier alpha value is -1.71. The van der Waals surface area contributed by atoms with Crippen molar-refractivity contribution < 1.29 is 23.9 Å². The molecule has 0 aliphatic carbocycles. The molecule has 15 heavy (non-hydrogen) atoms. The van der Waals surface area contributed by atoms with E-state index in [1.54, 1.807) is 18.2 Å². The van der Waals surface area contributed by atoms with Gasteiger partial charge in [-0.25, -0.2) is 4.79 Å². The topological polar surface area (TPSA) is 86.7 Å². The van der Waals surface area contributed by atoms with Crippen molar-refractivity contribution in [1.29, 1.82) is 0 Å². The number of rotatable bonds is 4. The molecular weight excluding hydrogens is 219 g/mol. The van der Waals surface area contributed by atoms with Gasteiger partial charge in [0.05, 0.1) is 0 Å².